The minimum atomic E-state index is -0.477. The van der Waals surface area contributed by atoms with E-state index < -0.39 is 11.2 Å². The molecule has 7 nitrogen and oxygen atoms in total. The third-order valence-electron chi connectivity index (χ3n) is 1.78. The highest BCUT2D eigenvalue weighted by atomic mass is 16.1. The molecule has 72 valence electrons. The third kappa shape index (κ3) is 1.15. The van der Waals surface area contributed by atoms with E-state index in [1.807, 2.05) is 0 Å². The van der Waals surface area contributed by atoms with E-state index in [9.17, 15) is 9.59 Å². The molecule has 2 aromatic heterocycles. The van der Waals surface area contributed by atoms with Crippen molar-refractivity contribution in [1.29, 1.82) is 0 Å². The quantitative estimate of drug-likeness (QED) is 0.535. The van der Waals surface area contributed by atoms with Crippen LogP contribution in [0.25, 0.3) is 11.0 Å². The number of H-pyrrole nitrogens is 1. The number of hydrogen-bond donors (Lipinski definition) is 2. The van der Waals surface area contributed by atoms with Gasteiger partial charge >= 0.3 is 5.69 Å². The molecule has 0 aliphatic heterocycles. The molecule has 2 aromatic rings. The first-order valence-electron chi connectivity index (χ1n) is 3.81. The number of anilines is 1. The standard InChI is InChI=1S/C7H7N5O2/c1-12-2-3-4(10-7(12)14)9-6(8)11-5(3)13/h2H,1H3,(H3,8,9,10,11,13,14). The van der Waals surface area contributed by atoms with E-state index in [2.05, 4.69) is 15.0 Å². The summed E-state index contributed by atoms with van der Waals surface area (Å²) >= 11 is 0. The van der Waals surface area contributed by atoms with Crippen LogP contribution in [0.4, 0.5) is 5.95 Å². The van der Waals surface area contributed by atoms with Crippen molar-refractivity contribution in [3.05, 3.63) is 27.0 Å². The van der Waals surface area contributed by atoms with Gasteiger partial charge in [0, 0.05) is 13.2 Å². The summed E-state index contributed by atoms with van der Waals surface area (Å²) in [6.07, 6.45) is 1.37. The summed E-state index contributed by atoms with van der Waals surface area (Å²) < 4.78 is 1.20. The highest BCUT2D eigenvalue weighted by molar-refractivity contribution is 5.72. The molecule has 0 bridgehead atoms. The van der Waals surface area contributed by atoms with Gasteiger partial charge in [-0.15, -0.1) is 0 Å². The average Bonchev–Trinajstić information content (AvgIpc) is 2.08. The first-order chi connectivity index (χ1) is 6.58. The molecule has 2 heterocycles. The van der Waals surface area contributed by atoms with Crippen molar-refractivity contribution in [3.8, 4) is 0 Å². The Balaban J connectivity index is 3.04. The number of nitrogen functional groups attached to an aromatic ring is 1. The molecule has 3 N–H and O–H groups in total. The number of aromatic amines is 1. The first kappa shape index (κ1) is 8.42. The largest absolute Gasteiger partial charge is 0.369 e. The number of aryl methyl sites for hydroxylation is 1. The zero-order valence-corrected chi connectivity index (χ0v) is 7.31. The van der Waals surface area contributed by atoms with E-state index in [0.29, 0.717) is 0 Å². The van der Waals surface area contributed by atoms with Gasteiger partial charge in [0.2, 0.25) is 5.95 Å². The van der Waals surface area contributed by atoms with Crippen molar-refractivity contribution in [2.24, 2.45) is 7.05 Å². The Morgan fingerprint density at radius 2 is 2.14 bits per heavy atom. The Morgan fingerprint density at radius 3 is 2.86 bits per heavy atom. The molecular formula is C7H7N5O2. The zero-order valence-electron chi connectivity index (χ0n) is 7.31. The highest BCUT2D eigenvalue weighted by Gasteiger charge is 2.04. The summed E-state index contributed by atoms with van der Waals surface area (Å²) in [6, 6.07) is 0. The molecule has 0 atom stereocenters. The highest BCUT2D eigenvalue weighted by Crippen LogP contribution is 1.99. The van der Waals surface area contributed by atoms with Crippen LogP contribution in [0.2, 0.25) is 0 Å². The van der Waals surface area contributed by atoms with Crippen molar-refractivity contribution < 1.29 is 0 Å². The van der Waals surface area contributed by atoms with E-state index in [1.165, 1.54) is 17.8 Å². The molecule has 0 aromatic carbocycles. The Morgan fingerprint density at radius 1 is 1.43 bits per heavy atom. The van der Waals surface area contributed by atoms with Gasteiger partial charge in [0.1, 0.15) is 5.39 Å². The average molecular weight is 193 g/mol. The van der Waals surface area contributed by atoms with Gasteiger partial charge < -0.3 is 10.3 Å². The molecule has 7 heteroatoms. The lowest BCUT2D eigenvalue weighted by molar-refractivity contribution is 0.821. The fourth-order valence-electron chi connectivity index (χ4n) is 1.11. The van der Waals surface area contributed by atoms with Gasteiger partial charge in [-0.25, -0.2) is 4.79 Å². The van der Waals surface area contributed by atoms with Gasteiger partial charge in [-0.05, 0) is 0 Å². The molecule has 0 saturated heterocycles. The van der Waals surface area contributed by atoms with Crippen LogP contribution < -0.4 is 17.0 Å². The molecule has 0 aliphatic carbocycles. The number of rotatable bonds is 0. The van der Waals surface area contributed by atoms with E-state index in [0.717, 1.165) is 0 Å². The van der Waals surface area contributed by atoms with Gasteiger partial charge in [-0.1, -0.05) is 0 Å². The predicted molar refractivity (Wildman–Crippen MR) is 49.8 cm³/mol. The predicted octanol–water partition coefficient (Wildman–Crippen LogP) is -1.40. The third-order valence-corrected chi connectivity index (χ3v) is 1.78. The SMILES string of the molecule is Cn1cc2c(=O)[nH]c(N)nc2nc1=O. The summed E-state index contributed by atoms with van der Waals surface area (Å²) in [5.41, 5.74) is 4.48. The second-order valence-electron chi connectivity index (χ2n) is 2.82. The fourth-order valence-corrected chi connectivity index (χ4v) is 1.11. The van der Waals surface area contributed by atoms with Crippen LogP contribution in [0.5, 0.6) is 0 Å². The minimum Gasteiger partial charge on any atom is -0.369 e. The van der Waals surface area contributed by atoms with Crippen molar-refractivity contribution >= 4 is 17.0 Å². The van der Waals surface area contributed by atoms with Crippen molar-refractivity contribution in [1.82, 2.24) is 19.5 Å². The Kier molecular flexibility index (Phi) is 1.60. The summed E-state index contributed by atoms with van der Waals surface area (Å²) in [4.78, 5) is 32.1. The van der Waals surface area contributed by atoms with Crippen LogP contribution in [0.1, 0.15) is 0 Å². The molecule has 0 aliphatic rings. The molecule has 0 amide bonds. The number of nitrogens with two attached hydrogens (primary N) is 1. The molecule has 0 spiro atoms. The van der Waals surface area contributed by atoms with Gasteiger partial charge in [-0.3, -0.25) is 9.78 Å². The minimum absolute atomic E-state index is 0.0525. The number of aromatic nitrogens is 4. The lowest BCUT2D eigenvalue weighted by atomic mass is 10.4. The maximum Gasteiger partial charge on any atom is 0.349 e. The zero-order chi connectivity index (χ0) is 10.3. The molecule has 0 radical (unpaired) electrons. The summed E-state index contributed by atoms with van der Waals surface area (Å²) in [5, 5.41) is 0.237. The number of fused-ring (bicyclic) bond motifs is 1. The summed E-state index contributed by atoms with van der Waals surface area (Å²) in [6.45, 7) is 0. The second kappa shape index (κ2) is 2.66. The first-order valence-corrected chi connectivity index (χ1v) is 3.81. The van der Waals surface area contributed by atoms with Crippen LogP contribution in [-0.2, 0) is 7.05 Å². The Labute approximate surface area is 77.2 Å². The number of hydrogen-bond acceptors (Lipinski definition) is 5. The van der Waals surface area contributed by atoms with Crippen LogP contribution in [0, 0.1) is 0 Å². The van der Waals surface area contributed by atoms with Crippen molar-refractivity contribution in [2.45, 2.75) is 0 Å². The molecule has 0 fully saturated rings. The van der Waals surface area contributed by atoms with Crippen molar-refractivity contribution in [3.63, 3.8) is 0 Å². The monoisotopic (exact) mass is 193 g/mol. The Hall–Kier alpha value is -2.18. The Bertz CT molecular complexity index is 611. The maximum atomic E-state index is 11.3. The number of nitrogens with one attached hydrogen (secondary N) is 1. The van der Waals surface area contributed by atoms with Crippen LogP contribution in [-0.4, -0.2) is 19.5 Å². The smallest absolute Gasteiger partial charge is 0.349 e. The summed E-state index contributed by atoms with van der Waals surface area (Å²) in [5.74, 6) is -0.0525. The summed E-state index contributed by atoms with van der Waals surface area (Å²) in [7, 11) is 1.50. The second-order valence-corrected chi connectivity index (χ2v) is 2.82. The molecular weight excluding hydrogens is 186 g/mol. The van der Waals surface area contributed by atoms with Gasteiger partial charge in [0.05, 0.1) is 0 Å². The normalized spacial score (nSPS) is 10.6. The lowest BCUT2D eigenvalue weighted by Crippen LogP contribution is -2.23. The van der Waals surface area contributed by atoms with Gasteiger partial charge in [-0.2, -0.15) is 9.97 Å². The van der Waals surface area contributed by atoms with E-state index >= 15 is 0 Å². The fraction of sp³-hybridized carbons (Fsp3) is 0.143. The lowest BCUT2D eigenvalue weighted by Gasteiger charge is -1.99. The number of nitrogens with zero attached hydrogens (tertiary/aromatic N) is 3. The van der Waals surface area contributed by atoms with E-state index in [-0.39, 0.29) is 17.0 Å². The van der Waals surface area contributed by atoms with Crippen LogP contribution in [0.3, 0.4) is 0 Å². The molecule has 14 heavy (non-hydrogen) atoms. The topological polar surface area (TPSA) is 107 Å². The van der Waals surface area contributed by atoms with Gasteiger partial charge in [0.15, 0.2) is 5.65 Å². The maximum absolute atomic E-state index is 11.3. The van der Waals surface area contributed by atoms with Crippen molar-refractivity contribution in [2.75, 3.05) is 5.73 Å². The van der Waals surface area contributed by atoms with Crippen LogP contribution in [0.15, 0.2) is 15.8 Å². The van der Waals surface area contributed by atoms with E-state index in [4.69, 9.17) is 5.73 Å². The molecule has 0 unspecified atom stereocenters. The van der Waals surface area contributed by atoms with Crippen LogP contribution >= 0.6 is 0 Å². The van der Waals surface area contributed by atoms with E-state index in [1.54, 1.807) is 0 Å². The molecule has 0 saturated carbocycles. The molecule has 2 rings (SSSR count). The van der Waals surface area contributed by atoms with Gasteiger partial charge in [0.25, 0.3) is 5.56 Å².